The van der Waals surface area contributed by atoms with Gasteiger partial charge in [-0.1, -0.05) is 71.9 Å². The molecule has 0 bridgehead atoms. The number of fused-ring (bicyclic) bond motifs is 2. The molecule has 4 rings (SSSR count). The molecule has 0 fully saturated rings. The number of carbonyl (C=O) groups is 1. The number of rotatable bonds is 12. The maximum absolute atomic E-state index is 13.6. The zero-order chi connectivity index (χ0) is 29.0. The highest BCUT2D eigenvalue weighted by atomic mass is 28.4. The van der Waals surface area contributed by atoms with Gasteiger partial charge in [-0.25, -0.2) is 4.79 Å². The number of hydrogen-bond acceptors (Lipinski definition) is 6. The summed E-state index contributed by atoms with van der Waals surface area (Å²) in [7, 11) is 1.26. The lowest BCUT2D eigenvalue weighted by atomic mass is 9.92. The Morgan fingerprint density at radius 1 is 0.900 bits per heavy atom. The normalized spacial score (nSPS) is 15.5. The topological polar surface area (TPSA) is 63.2 Å². The van der Waals surface area contributed by atoms with Crippen molar-refractivity contribution >= 4 is 25.1 Å². The van der Waals surface area contributed by atoms with Crippen LogP contribution in [0.1, 0.15) is 69.4 Å². The van der Waals surface area contributed by atoms with Gasteiger partial charge in [0.2, 0.25) is 0 Å². The Balaban J connectivity index is 1.68. The number of hydrogen-bond donors (Lipinski definition) is 0. The van der Waals surface area contributed by atoms with E-state index in [9.17, 15) is 4.79 Å². The molecule has 3 aromatic rings. The van der Waals surface area contributed by atoms with Crippen molar-refractivity contribution in [3.8, 4) is 17.2 Å². The van der Waals surface area contributed by atoms with Gasteiger partial charge in [-0.2, -0.15) is 0 Å². The lowest BCUT2D eigenvalue weighted by molar-refractivity contribution is 0.0195. The average molecular weight is 565 g/mol. The third-order valence-corrected chi connectivity index (χ3v) is 14.5. The van der Waals surface area contributed by atoms with Crippen LogP contribution < -0.4 is 14.2 Å². The minimum Gasteiger partial charge on any atom is -0.496 e. The van der Waals surface area contributed by atoms with E-state index in [-0.39, 0.29) is 12.1 Å². The monoisotopic (exact) mass is 564 g/mol. The van der Waals surface area contributed by atoms with Gasteiger partial charge < -0.3 is 23.4 Å². The molecule has 3 aromatic carbocycles. The van der Waals surface area contributed by atoms with E-state index in [1.807, 2.05) is 48.5 Å². The molecule has 0 N–H and O–H groups in total. The van der Waals surface area contributed by atoms with Gasteiger partial charge in [0.25, 0.3) is 0 Å². The summed E-state index contributed by atoms with van der Waals surface area (Å²) < 4.78 is 30.6. The Morgan fingerprint density at radius 3 is 2.12 bits per heavy atom. The fourth-order valence-electron chi connectivity index (χ4n) is 6.61. The van der Waals surface area contributed by atoms with Crippen LogP contribution >= 0.6 is 0 Å². The third-order valence-electron chi connectivity index (χ3n) is 8.35. The predicted molar refractivity (Wildman–Crippen MR) is 162 cm³/mol. The zero-order valence-corrected chi connectivity index (χ0v) is 26.2. The van der Waals surface area contributed by atoms with Crippen LogP contribution in [0.3, 0.4) is 0 Å². The highest BCUT2D eigenvalue weighted by Crippen LogP contribution is 2.46. The number of methoxy groups -OCH3 is 2. The quantitative estimate of drug-likeness (QED) is 0.164. The Morgan fingerprint density at radius 2 is 1.52 bits per heavy atom. The molecule has 1 aliphatic rings. The van der Waals surface area contributed by atoms with Crippen molar-refractivity contribution in [3.05, 3.63) is 65.2 Å². The number of benzene rings is 3. The number of esters is 1. The van der Waals surface area contributed by atoms with Crippen molar-refractivity contribution < 1.29 is 28.2 Å². The second-order valence-electron chi connectivity index (χ2n) is 11.6. The minimum atomic E-state index is -2.00. The molecule has 0 amide bonds. The first-order valence-electron chi connectivity index (χ1n) is 14.4. The first-order chi connectivity index (χ1) is 19.1. The molecule has 1 atom stereocenters. The largest absolute Gasteiger partial charge is 0.496 e. The van der Waals surface area contributed by atoms with Crippen LogP contribution in [0.5, 0.6) is 17.2 Å². The van der Waals surface area contributed by atoms with Crippen molar-refractivity contribution in [2.75, 3.05) is 20.8 Å². The summed E-state index contributed by atoms with van der Waals surface area (Å²) >= 11 is 0. The highest BCUT2D eigenvalue weighted by molar-refractivity contribution is 6.77. The second-order valence-corrected chi connectivity index (χ2v) is 17.1. The van der Waals surface area contributed by atoms with Crippen molar-refractivity contribution in [2.45, 2.75) is 83.7 Å². The van der Waals surface area contributed by atoms with Crippen LogP contribution in [0.25, 0.3) is 10.8 Å². The average Bonchev–Trinajstić information content (AvgIpc) is 2.92. The molecule has 216 valence electrons. The lowest BCUT2D eigenvalue weighted by Crippen LogP contribution is -2.48. The molecule has 1 unspecified atom stereocenters. The fraction of sp³-hybridized carbons (Fsp3) is 0.485. The highest BCUT2D eigenvalue weighted by Gasteiger charge is 2.45. The van der Waals surface area contributed by atoms with Gasteiger partial charge in [-0.15, -0.1) is 0 Å². The Bertz CT molecular complexity index is 1300. The molecule has 0 aliphatic carbocycles. The third kappa shape index (κ3) is 5.72. The number of ether oxygens (including phenoxy) is 4. The summed E-state index contributed by atoms with van der Waals surface area (Å²) in [6, 6.07) is 15.7. The van der Waals surface area contributed by atoms with Crippen LogP contribution in [0.2, 0.25) is 16.6 Å². The van der Waals surface area contributed by atoms with Gasteiger partial charge in [0.05, 0.1) is 19.6 Å². The standard InChI is InChI=1S/C33H44O6Si/c1-21(2)40(22(3)4,23(5)6)38-17-16-26-18-25-19-27-28(35-7)14-15-29(36-8)31(27)32(30(25)33(34)39-26)37-20-24-12-10-9-11-13-24/h9-15,19,21-23,26H,16-18,20H2,1-8H3. The molecule has 0 saturated heterocycles. The predicted octanol–water partition coefficient (Wildman–Crippen LogP) is 8.10. The maximum atomic E-state index is 13.6. The molecule has 0 spiro atoms. The van der Waals surface area contributed by atoms with Crippen molar-refractivity contribution in [2.24, 2.45) is 0 Å². The minimum absolute atomic E-state index is 0.269. The number of carbonyl (C=O) groups excluding carboxylic acids is 1. The summed E-state index contributed by atoms with van der Waals surface area (Å²) in [6.07, 6.45) is 0.968. The fourth-order valence-corrected chi connectivity index (χ4v) is 12.1. The van der Waals surface area contributed by atoms with E-state index < -0.39 is 8.32 Å². The molecular weight excluding hydrogens is 520 g/mol. The summed E-state index contributed by atoms with van der Waals surface area (Å²) in [4.78, 5) is 13.6. The molecule has 6 nitrogen and oxygen atoms in total. The van der Waals surface area contributed by atoms with Gasteiger partial charge in [-0.3, -0.25) is 0 Å². The Labute approximate surface area is 240 Å². The molecule has 1 heterocycles. The van der Waals surface area contributed by atoms with Crippen LogP contribution in [0.15, 0.2) is 48.5 Å². The molecule has 1 aliphatic heterocycles. The van der Waals surface area contributed by atoms with Crippen molar-refractivity contribution in [3.63, 3.8) is 0 Å². The Kier molecular flexibility index (Phi) is 9.47. The zero-order valence-electron chi connectivity index (χ0n) is 25.2. The maximum Gasteiger partial charge on any atom is 0.342 e. The first kappa shape index (κ1) is 29.9. The summed E-state index contributed by atoms with van der Waals surface area (Å²) in [5.74, 6) is 1.41. The summed E-state index contributed by atoms with van der Waals surface area (Å²) in [5.41, 5.74) is 3.86. The molecule has 40 heavy (non-hydrogen) atoms. The van der Waals surface area contributed by atoms with Crippen LogP contribution in [-0.2, 0) is 22.2 Å². The second kappa shape index (κ2) is 12.6. The van der Waals surface area contributed by atoms with Gasteiger partial charge in [0, 0.05) is 24.8 Å². The molecular formula is C33H44O6Si. The Hall–Kier alpha value is -3.03. The van der Waals surface area contributed by atoms with E-state index in [4.69, 9.17) is 23.4 Å². The van der Waals surface area contributed by atoms with Crippen LogP contribution in [0.4, 0.5) is 0 Å². The van der Waals surface area contributed by atoms with E-state index in [2.05, 4.69) is 41.5 Å². The summed E-state index contributed by atoms with van der Waals surface area (Å²) in [6.45, 7) is 14.6. The van der Waals surface area contributed by atoms with Gasteiger partial charge in [0.1, 0.15) is 35.5 Å². The molecule has 0 aromatic heterocycles. The van der Waals surface area contributed by atoms with E-state index in [0.29, 0.717) is 70.9 Å². The van der Waals surface area contributed by atoms with Crippen LogP contribution in [-0.4, -0.2) is 41.2 Å². The lowest BCUT2D eigenvalue weighted by Gasteiger charge is -2.42. The first-order valence-corrected chi connectivity index (χ1v) is 16.5. The SMILES string of the molecule is COc1ccc(OC)c2c(OCc3ccccc3)c3c(cc12)CC(CCO[Si](C(C)C)(C(C)C)C(C)C)OC3=O. The molecule has 7 heteroatoms. The summed E-state index contributed by atoms with van der Waals surface area (Å²) in [5, 5.41) is 1.55. The molecule has 0 saturated carbocycles. The smallest absolute Gasteiger partial charge is 0.342 e. The van der Waals surface area contributed by atoms with E-state index >= 15 is 0 Å². The van der Waals surface area contributed by atoms with Gasteiger partial charge in [-0.05, 0) is 45.9 Å². The van der Waals surface area contributed by atoms with E-state index in [0.717, 1.165) is 16.5 Å². The van der Waals surface area contributed by atoms with Crippen LogP contribution in [0, 0.1) is 0 Å². The van der Waals surface area contributed by atoms with E-state index in [1.165, 1.54) is 0 Å². The van der Waals surface area contributed by atoms with Gasteiger partial charge >= 0.3 is 5.97 Å². The van der Waals surface area contributed by atoms with Crippen molar-refractivity contribution in [1.82, 2.24) is 0 Å². The van der Waals surface area contributed by atoms with E-state index in [1.54, 1.807) is 14.2 Å². The van der Waals surface area contributed by atoms with Gasteiger partial charge in [0.15, 0.2) is 8.32 Å². The number of cyclic esters (lactones) is 1. The molecule has 0 radical (unpaired) electrons. The van der Waals surface area contributed by atoms with Crippen molar-refractivity contribution in [1.29, 1.82) is 0 Å².